The molecule has 6 heteroatoms. The number of carbonyl (C=O) groups excluding carboxylic acids is 2. The molecule has 1 saturated heterocycles. The summed E-state index contributed by atoms with van der Waals surface area (Å²) in [5, 5.41) is 3.79. The molecule has 0 spiro atoms. The van der Waals surface area contributed by atoms with Crippen LogP contribution in [0.4, 0.5) is 4.79 Å². The quantitative estimate of drug-likeness (QED) is 0.891. The van der Waals surface area contributed by atoms with Crippen molar-refractivity contribution in [3.05, 3.63) is 34.9 Å². The number of hydrogen-bond acceptors (Lipinski definition) is 2. The van der Waals surface area contributed by atoms with Crippen molar-refractivity contribution in [1.29, 1.82) is 0 Å². The van der Waals surface area contributed by atoms with E-state index in [1.165, 1.54) is 0 Å². The molecule has 2 rings (SSSR count). The zero-order valence-corrected chi connectivity index (χ0v) is 16.3. The smallest absolute Gasteiger partial charge is 0.319 e. The number of piperidine rings is 1. The van der Waals surface area contributed by atoms with Gasteiger partial charge in [0, 0.05) is 50.1 Å². The summed E-state index contributed by atoms with van der Waals surface area (Å²) in [5.74, 6) is 0.0495. The molecule has 1 N–H and O–H groups in total. The number of benzene rings is 1. The summed E-state index contributed by atoms with van der Waals surface area (Å²) in [6.07, 6.45) is 1.42. The fourth-order valence-corrected chi connectivity index (χ4v) is 3.27. The average Bonchev–Trinajstić information content (AvgIpc) is 2.59. The van der Waals surface area contributed by atoms with Gasteiger partial charge < -0.3 is 15.1 Å². The van der Waals surface area contributed by atoms with Gasteiger partial charge in [0.1, 0.15) is 0 Å². The molecular formula is C19H28ClN3O2. The van der Waals surface area contributed by atoms with Gasteiger partial charge in [0.25, 0.3) is 0 Å². The molecule has 0 radical (unpaired) electrons. The summed E-state index contributed by atoms with van der Waals surface area (Å²) in [6, 6.07) is 7.77. The molecular weight excluding hydrogens is 338 g/mol. The van der Waals surface area contributed by atoms with E-state index in [9.17, 15) is 9.59 Å². The van der Waals surface area contributed by atoms with Crippen LogP contribution in [-0.2, 0) is 10.2 Å². The molecule has 1 fully saturated rings. The third kappa shape index (κ3) is 5.11. The van der Waals surface area contributed by atoms with Crippen molar-refractivity contribution in [2.75, 3.05) is 33.7 Å². The third-order valence-electron chi connectivity index (χ3n) is 4.83. The van der Waals surface area contributed by atoms with Crippen molar-refractivity contribution in [3.63, 3.8) is 0 Å². The van der Waals surface area contributed by atoms with Crippen molar-refractivity contribution in [3.8, 4) is 0 Å². The van der Waals surface area contributed by atoms with E-state index in [4.69, 9.17) is 11.6 Å². The molecule has 1 aliphatic rings. The second kappa shape index (κ2) is 8.09. The largest absolute Gasteiger partial charge is 0.355 e. The SMILES string of the molecule is CN(C)C(=O)N1CCC(C(=O)NCC(C)(C)c2cccc(Cl)c2)CC1. The topological polar surface area (TPSA) is 52.7 Å². The number of amides is 3. The minimum Gasteiger partial charge on any atom is -0.355 e. The molecule has 1 heterocycles. The molecule has 0 aromatic heterocycles. The zero-order chi connectivity index (χ0) is 18.6. The Labute approximate surface area is 155 Å². The van der Waals surface area contributed by atoms with Crippen LogP contribution in [0.2, 0.25) is 5.02 Å². The Kier molecular flexibility index (Phi) is 6.33. The van der Waals surface area contributed by atoms with Crippen molar-refractivity contribution >= 4 is 23.5 Å². The lowest BCUT2D eigenvalue weighted by molar-refractivity contribution is -0.126. The molecule has 1 aliphatic heterocycles. The highest BCUT2D eigenvalue weighted by Gasteiger charge is 2.29. The number of nitrogens with zero attached hydrogens (tertiary/aromatic N) is 2. The first-order valence-electron chi connectivity index (χ1n) is 8.70. The minimum absolute atomic E-state index is 0.0148. The van der Waals surface area contributed by atoms with E-state index in [1.54, 1.807) is 23.9 Å². The Morgan fingerprint density at radius 2 is 1.92 bits per heavy atom. The Balaban J connectivity index is 1.86. The lowest BCUT2D eigenvalue weighted by Gasteiger charge is -2.33. The van der Waals surface area contributed by atoms with Crippen molar-refractivity contribution in [1.82, 2.24) is 15.1 Å². The summed E-state index contributed by atoms with van der Waals surface area (Å²) in [7, 11) is 3.50. The molecule has 3 amide bonds. The molecule has 0 unspecified atom stereocenters. The van der Waals surface area contributed by atoms with Crippen LogP contribution in [0.15, 0.2) is 24.3 Å². The molecule has 5 nitrogen and oxygen atoms in total. The van der Waals surface area contributed by atoms with Gasteiger partial charge in [-0.1, -0.05) is 37.6 Å². The van der Waals surface area contributed by atoms with Gasteiger partial charge in [-0.15, -0.1) is 0 Å². The van der Waals surface area contributed by atoms with Crippen molar-refractivity contribution < 1.29 is 9.59 Å². The fraction of sp³-hybridized carbons (Fsp3) is 0.579. The molecule has 0 aliphatic carbocycles. The highest BCUT2D eigenvalue weighted by molar-refractivity contribution is 6.30. The van der Waals surface area contributed by atoms with Crippen LogP contribution in [0, 0.1) is 5.92 Å². The van der Waals surface area contributed by atoms with Gasteiger partial charge >= 0.3 is 6.03 Å². The van der Waals surface area contributed by atoms with E-state index in [-0.39, 0.29) is 23.3 Å². The summed E-state index contributed by atoms with van der Waals surface area (Å²) < 4.78 is 0. The van der Waals surface area contributed by atoms with Crippen LogP contribution in [0.1, 0.15) is 32.3 Å². The summed E-state index contributed by atoms with van der Waals surface area (Å²) >= 11 is 6.07. The summed E-state index contributed by atoms with van der Waals surface area (Å²) in [4.78, 5) is 27.8. The average molecular weight is 366 g/mol. The Bertz CT molecular complexity index is 623. The molecule has 1 aromatic rings. The van der Waals surface area contributed by atoms with Crippen LogP contribution >= 0.6 is 11.6 Å². The second-order valence-corrected chi connectivity index (χ2v) is 7.99. The molecule has 1 aromatic carbocycles. The van der Waals surface area contributed by atoms with Crippen molar-refractivity contribution in [2.45, 2.75) is 32.1 Å². The van der Waals surface area contributed by atoms with Crippen LogP contribution in [0.3, 0.4) is 0 Å². The van der Waals surface area contributed by atoms with Gasteiger partial charge in [0.05, 0.1) is 0 Å². The Morgan fingerprint density at radius 3 is 2.48 bits per heavy atom. The first-order valence-corrected chi connectivity index (χ1v) is 9.08. The van der Waals surface area contributed by atoms with E-state index < -0.39 is 0 Å². The number of urea groups is 1. The van der Waals surface area contributed by atoms with E-state index in [0.717, 1.165) is 5.56 Å². The molecule has 0 bridgehead atoms. The number of carbonyl (C=O) groups is 2. The van der Waals surface area contributed by atoms with Gasteiger partial charge in [-0.3, -0.25) is 4.79 Å². The van der Waals surface area contributed by atoms with Crippen LogP contribution < -0.4 is 5.32 Å². The highest BCUT2D eigenvalue weighted by atomic mass is 35.5. The number of rotatable bonds is 4. The summed E-state index contributed by atoms with van der Waals surface area (Å²) in [5.41, 5.74) is 0.911. The molecule has 0 saturated carbocycles. The number of halogens is 1. The molecule has 138 valence electrons. The molecule has 0 atom stereocenters. The van der Waals surface area contributed by atoms with Gasteiger partial charge in [0.2, 0.25) is 5.91 Å². The van der Waals surface area contributed by atoms with E-state index in [1.807, 2.05) is 24.3 Å². The van der Waals surface area contributed by atoms with Crippen LogP contribution in [0.25, 0.3) is 0 Å². The molecule has 25 heavy (non-hydrogen) atoms. The van der Waals surface area contributed by atoms with Gasteiger partial charge in [-0.2, -0.15) is 0 Å². The maximum Gasteiger partial charge on any atom is 0.319 e. The standard InChI is InChI=1S/C19H28ClN3O2/c1-19(2,15-6-5-7-16(20)12-15)13-21-17(24)14-8-10-23(11-9-14)18(25)22(3)4/h5-7,12,14H,8-11,13H2,1-4H3,(H,21,24). The van der Waals surface area contributed by atoms with Crippen LogP contribution in [-0.4, -0.2) is 55.5 Å². The first-order chi connectivity index (χ1) is 11.7. The predicted molar refractivity (Wildman–Crippen MR) is 101 cm³/mol. The van der Waals surface area contributed by atoms with Gasteiger partial charge in [0.15, 0.2) is 0 Å². The van der Waals surface area contributed by atoms with Gasteiger partial charge in [-0.25, -0.2) is 4.79 Å². The summed E-state index contributed by atoms with van der Waals surface area (Å²) in [6.45, 7) is 6.01. The Hall–Kier alpha value is -1.75. The number of nitrogens with one attached hydrogen (secondary N) is 1. The first kappa shape index (κ1) is 19.6. The van der Waals surface area contributed by atoms with Gasteiger partial charge in [-0.05, 0) is 30.5 Å². The second-order valence-electron chi connectivity index (χ2n) is 7.55. The van der Waals surface area contributed by atoms with Crippen LogP contribution in [0.5, 0.6) is 0 Å². The monoisotopic (exact) mass is 365 g/mol. The van der Waals surface area contributed by atoms with Crippen molar-refractivity contribution in [2.24, 2.45) is 5.92 Å². The maximum absolute atomic E-state index is 12.5. The predicted octanol–water partition coefficient (Wildman–Crippen LogP) is 3.13. The van der Waals surface area contributed by atoms with E-state index >= 15 is 0 Å². The third-order valence-corrected chi connectivity index (χ3v) is 5.06. The normalized spacial score (nSPS) is 15.8. The van der Waals surface area contributed by atoms with E-state index in [0.29, 0.717) is 37.5 Å². The number of likely N-dealkylation sites (tertiary alicyclic amines) is 1. The van der Waals surface area contributed by atoms with E-state index in [2.05, 4.69) is 19.2 Å². The highest BCUT2D eigenvalue weighted by Crippen LogP contribution is 2.25. The maximum atomic E-state index is 12.5. The fourth-order valence-electron chi connectivity index (χ4n) is 3.08. The lowest BCUT2D eigenvalue weighted by Crippen LogP contribution is -2.47. The lowest BCUT2D eigenvalue weighted by atomic mass is 9.84. The minimum atomic E-state index is -0.192. The zero-order valence-electron chi connectivity index (χ0n) is 15.5. The Morgan fingerprint density at radius 1 is 1.28 bits per heavy atom. The number of hydrogen-bond donors (Lipinski definition) is 1.